The summed E-state index contributed by atoms with van der Waals surface area (Å²) in [6.07, 6.45) is -0.333. The number of rotatable bonds is 2. The van der Waals surface area contributed by atoms with Gasteiger partial charge >= 0.3 is 5.97 Å². The Bertz CT molecular complexity index is 720. The monoisotopic (exact) mass is 294 g/mol. The first-order chi connectivity index (χ1) is 9.88. The molecule has 2 aromatic rings. The highest BCUT2D eigenvalue weighted by Crippen LogP contribution is 2.33. The average molecular weight is 294 g/mol. The van der Waals surface area contributed by atoms with Crippen molar-refractivity contribution < 1.29 is 23.8 Å². The molecule has 1 saturated heterocycles. The Morgan fingerprint density at radius 2 is 2.14 bits per heavy atom. The third-order valence-electron chi connectivity index (χ3n) is 3.60. The van der Waals surface area contributed by atoms with Crippen LogP contribution in [0.1, 0.15) is 10.4 Å². The van der Waals surface area contributed by atoms with E-state index in [9.17, 15) is 18.7 Å². The normalized spacial score (nSPS) is 20.9. The number of benzene rings is 1. The second-order valence-corrected chi connectivity index (χ2v) is 5.02. The van der Waals surface area contributed by atoms with Crippen molar-refractivity contribution in [3.63, 3.8) is 0 Å². The molecule has 0 bridgehead atoms. The summed E-state index contributed by atoms with van der Waals surface area (Å²) in [5, 5.41) is 18.9. The van der Waals surface area contributed by atoms with Crippen LogP contribution in [0.15, 0.2) is 30.5 Å². The number of aromatic nitrogens is 1. The number of β-amino-alcohol motifs (C(OH)–C–C–N with tert-alkyl or cyclic N) is 1. The van der Waals surface area contributed by atoms with Crippen LogP contribution in [0.5, 0.6) is 0 Å². The number of anilines is 1. The van der Waals surface area contributed by atoms with Crippen molar-refractivity contribution in [2.45, 2.75) is 12.0 Å². The predicted molar refractivity (Wildman–Crippen MR) is 71.9 cm³/mol. The molecular formula is C14H12F2N2O3. The second-order valence-electron chi connectivity index (χ2n) is 5.02. The number of carbonyl (C=O) groups is 1. The Morgan fingerprint density at radius 1 is 1.38 bits per heavy atom. The molecule has 1 atom stereocenters. The molecule has 3 rings (SSSR count). The Labute approximate surface area is 118 Å². The third-order valence-corrected chi connectivity index (χ3v) is 3.60. The van der Waals surface area contributed by atoms with Gasteiger partial charge in [-0.2, -0.15) is 0 Å². The van der Waals surface area contributed by atoms with Crippen LogP contribution in [-0.4, -0.2) is 46.3 Å². The molecule has 0 aliphatic carbocycles. The zero-order valence-electron chi connectivity index (χ0n) is 10.8. The summed E-state index contributed by atoms with van der Waals surface area (Å²) in [6.45, 7) is -0.788. The third kappa shape index (κ3) is 2.29. The molecule has 2 N–H and O–H groups in total. The summed E-state index contributed by atoms with van der Waals surface area (Å²) in [7, 11) is 0. The number of aliphatic hydroxyl groups excluding tert-OH is 1. The predicted octanol–water partition coefficient (Wildman–Crippen LogP) is 1.75. The minimum Gasteiger partial charge on any atom is -0.478 e. The maximum absolute atomic E-state index is 13.4. The van der Waals surface area contributed by atoms with E-state index in [1.165, 1.54) is 23.2 Å². The first-order valence-corrected chi connectivity index (χ1v) is 6.31. The minimum atomic E-state index is -3.17. The molecule has 1 aliphatic heterocycles. The van der Waals surface area contributed by atoms with Gasteiger partial charge in [-0.25, -0.2) is 13.6 Å². The number of aromatic carboxylic acids is 1. The maximum Gasteiger partial charge on any atom is 0.336 e. The Balaban J connectivity index is 2.06. The van der Waals surface area contributed by atoms with E-state index in [4.69, 9.17) is 5.11 Å². The van der Waals surface area contributed by atoms with Crippen molar-refractivity contribution in [3.05, 3.63) is 36.0 Å². The van der Waals surface area contributed by atoms with Crippen molar-refractivity contribution in [2.24, 2.45) is 0 Å². The Morgan fingerprint density at radius 3 is 2.76 bits per heavy atom. The van der Waals surface area contributed by atoms with Gasteiger partial charge in [0.15, 0.2) is 0 Å². The standard InChI is InChI=1S/C14H12F2N2O3/c15-14(16)7-18(6-12(14)19)8-1-2-11-10(5-8)9(13(20)21)3-4-17-11/h1-5,12,19H,6-7H2,(H,20,21)/t12-/m1/s1. The highest BCUT2D eigenvalue weighted by atomic mass is 19.3. The van der Waals surface area contributed by atoms with E-state index in [1.807, 2.05) is 0 Å². The van der Waals surface area contributed by atoms with Crippen molar-refractivity contribution in [1.82, 2.24) is 4.98 Å². The van der Waals surface area contributed by atoms with Crippen LogP contribution in [0.4, 0.5) is 14.5 Å². The van der Waals surface area contributed by atoms with Gasteiger partial charge in [-0.1, -0.05) is 0 Å². The van der Waals surface area contributed by atoms with Crippen LogP contribution in [0.3, 0.4) is 0 Å². The van der Waals surface area contributed by atoms with Gasteiger partial charge in [0.25, 0.3) is 5.92 Å². The van der Waals surface area contributed by atoms with Gasteiger partial charge in [-0.05, 0) is 24.3 Å². The highest BCUT2D eigenvalue weighted by molar-refractivity contribution is 6.03. The highest BCUT2D eigenvalue weighted by Gasteiger charge is 2.47. The molecule has 1 aliphatic rings. The van der Waals surface area contributed by atoms with Crippen LogP contribution in [-0.2, 0) is 0 Å². The van der Waals surface area contributed by atoms with Crippen LogP contribution in [0, 0.1) is 0 Å². The number of nitrogens with zero attached hydrogens (tertiary/aromatic N) is 2. The van der Waals surface area contributed by atoms with E-state index < -0.39 is 24.5 Å². The first kappa shape index (κ1) is 13.7. The number of fused-ring (bicyclic) bond motifs is 1. The van der Waals surface area contributed by atoms with E-state index in [2.05, 4.69) is 4.98 Å². The van der Waals surface area contributed by atoms with Crippen LogP contribution in [0.2, 0.25) is 0 Å². The summed E-state index contributed by atoms with van der Waals surface area (Å²) in [5.74, 6) is -4.27. The summed E-state index contributed by atoms with van der Waals surface area (Å²) < 4.78 is 26.8. The van der Waals surface area contributed by atoms with Gasteiger partial charge in [-0.3, -0.25) is 4.98 Å². The van der Waals surface area contributed by atoms with E-state index in [0.717, 1.165) is 0 Å². The quantitative estimate of drug-likeness (QED) is 0.882. The first-order valence-electron chi connectivity index (χ1n) is 6.31. The zero-order chi connectivity index (χ0) is 15.2. The van der Waals surface area contributed by atoms with Crippen molar-refractivity contribution >= 4 is 22.6 Å². The number of alkyl halides is 2. The number of carboxylic acids is 1. The molecule has 1 aromatic carbocycles. The number of hydrogen-bond donors (Lipinski definition) is 2. The van der Waals surface area contributed by atoms with Crippen LogP contribution in [0.25, 0.3) is 10.9 Å². The van der Waals surface area contributed by atoms with E-state index >= 15 is 0 Å². The van der Waals surface area contributed by atoms with Gasteiger partial charge < -0.3 is 15.1 Å². The van der Waals surface area contributed by atoms with Gasteiger partial charge in [0.1, 0.15) is 6.10 Å². The molecule has 1 fully saturated rings. The lowest BCUT2D eigenvalue weighted by atomic mass is 10.1. The number of pyridine rings is 1. The summed E-state index contributed by atoms with van der Waals surface area (Å²) in [5.41, 5.74) is 0.979. The molecule has 5 nitrogen and oxygen atoms in total. The van der Waals surface area contributed by atoms with Gasteiger partial charge in [0.05, 0.1) is 24.2 Å². The molecule has 21 heavy (non-hydrogen) atoms. The fourth-order valence-electron chi connectivity index (χ4n) is 2.48. The van der Waals surface area contributed by atoms with Crippen molar-refractivity contribution in [3.8, 4) is 0 Å². The Kier molecular flexibility index (Phi) is 3.02. The van der Waals surface area contributed by atoms with Gasteiger partial charge in [-0.15, -0.1) is 0 Å². The van der Waals surface area contributed by atoms with Crippen molar-refractivity contribution in [1.29, 1.82) is 0 Å². The Hall–Kier alpha value is -2.28. The lowest BCUT2D eigenvalue weighted by Gasteiger charge is -2.18. The molecule has 0 amide bonds. The maximum atomic E-state index is 13.4. The molecule has 0 spiro atoms. The van der Waals surface area contributed by atoms with E-state index in [-0.39, 0.29) is 12.1 Å². The second kappa shape index (κ2) is 4.63. The molecule has 7 heteroatoms. The molecule has 1 aromatic heterocycles. The molecule has 0 radical (unpaired) electrons. The SMILES string of the molecule is O=C(O)c1ccnc2ccc(N3C[C@@H](O)C(F)(F)C3)cc12. The van der Waals surface area contributed by atoms with Gasteiger partial charge in [0, 0.05) is 17.3 Å². The topological polar surface area (TPSA) is 73.7 Å². The molecule has 110 valence electrons. The number of halogens is 2. The fraction of sp³-hybridized carbons (Fsp3) is 0.286. The lowest BCUT2D eigenvalue weighted by molar-refractivity contribution is -0.0712. The summed E-state index contributed by atoms with van der Waals surface area (Å²) in [6, 6.07) is 6.05. The lowest BCUT2D eigenvalue weighted by Crippen LogP contribution is -2.31. The van der Waals surface area contributed by atoms with E-state index in [0.29, 0.717) is 16.6 Å². The molecular weight excluding hydrogens is 282 g/mol. The number of aliphatic hydroxyl groups is 1. The molecule has 0 saturated carbocycles. The van der Waals surface area contributed by atoms with E-state index in [1.54, 1.807) is 12.1 Å². The minimum absolute atomic E-state index is 0.0633. The number of carboxylic acid groups (broad SMARTS) is 1. The average Bonchev–Trinajstić information content (AvgIpc) is 2.71. The van der Waals surface area contributed by atoms with Gasteiger partial charge in [0.2, 0.25) is 0 Å². The van der Waals surface area contributed by atoms with Crippen LogP contribution >= 0.6 is 0 Å². The zero-order valence-corrected chi connectivity index (χ0v) is 10.8. The number of hydrogen-bond acceptors (Lipinski definition) is 4. The summed E-state index contributed by atoms with van der Waals surface area (Å²) in [4.78, 5) is 16.6. The molecule has 0 unspecified atom stereocenters. The van der Waals surface area contributed by atoms with Crippen molar-refractivity contribution in [2.75, 3.05) is 18.0 Å². The fourth-order valence-corrected chi connectivity index (χ4v) is 2.48. The smallest absolute Gasteiger partial charge is 0.336 e. The summed E-state index contributed by atoms with van der Waals surface area (Å²) >= 11 is 0. The largest absolute Gasteiger partial charge is 0.478 e. The van der Waals surface area contributed by atoms with Crippen LogP contribution < -0.4 is 4.90 Å². The molecule has 2 heterocycles.